The molecule has 0 aliphatic carbocycles. The first kappa shape index (κ1) is 24.4. The van der Waals surface area contributed by atoms with Gasteiger partial charge in [-0.15, -0.1) is 0 Å². The number of carbonyl (C=O) groups excluding carboxylic acids is 2. The van der Waals surface area contributed by atoms with E-state index in [2.05, 4.69) is 16.0 Å². The van der Waals surface area contributed by atoms with Crippen LogP contribution in [-0.2, 0) is 9.53 Å². The number of nitrogens with one attached hydrogen (secondary N) is 3. The van der Waals surface area contributed by atoms with Gasteiger partial charge >= 0.3 is 0 Å². The van der Waals surface area contributed by atoms with E-state index in [1.807, 2.05) is 4.90 Å². The molecule has 0 atom stereocenters. The Morgan fingerprint density at radius 3 is 2.58 bits per heavy atom. The molecule has 2 aromatic rings. The van der Waals surface area contributed by atoms with E-state index >= 15 is 0 Å². The van der Waals surface area contributed by atoms with Gasteiger partial charge in [-0.25, -0.2) is 0 Å². The van der Waals surface area contributed by atoms with Crippen molar-refractivity contribution in [3.05, 3.63) is 57.1 Å². The molecule has 1 saturated heterocycles. The number of nitro benzene ring substituents is 1. The van der Waals surface area contributed by atoms with Crippen LogP contribution < -0.4 is 20.9 Å². The summed E-state index contributed by atoms with van der Waals surface area (Å²) in [6.07, 6.45) is 0.316. The quantitative estimate of drug-likeness (QED) is 0.318. The molecule has 174 valence electrons. The van der Waals surface area contributed by atoms with Crippen LogP contribution in [0.1, 0.15) is 23.7 Å². The van der Waals surface area contributed by atoms with Gasteiger partial charge in [0.15, 0.2) is 5.11 Å². The fourth-order valence-corrected chi connectivity index (χ4v) is 3.53. The Labute approximate surface area is 200 Å². The SMILES string of the molecule is CCC(=O)Nc1ccc(Cl)c(NC(=S)NC(=O)c2ccc(N3CCOCC3)c([N+](=O)[O-])c2)c1. The van der Waals surface area contributed by atoms with Crippen LogP contribution in [0.5, 0.6) is 0 Å². The topological polar surface area (TPSA) is 126 Å². The number of carbonyl (C=O) groups is 2. The molecule has 3 N–H and O–H groups in total. The summed E-state index contributed by atoms with van der Waals surface area (Å²) in [6, 6.07) is 9.06. The predicted octanol–water partition coefficient (Wildman–Crippen LogP) is 3.56. The van der Waals surface area contributed by atoms with Crippen molar-refractivity contribution in [2.75, 3.05) is 41.8 Å². The van der Waals surface area contributed by atoms with Gasteiger partial charge in [-0.05, 0) is 42.5 Å². The van der Waals surface area contributed by atoms with Gasteiger partial charge in [0.2, 0.25) is 5.91 Å². The Morgan fingerprint density at radius 1 is 1.18 bits per heavy atom. The van der Waals surface area contributed by atoms with Gasteiger partial charge in [-0.3, -0.25) is 25.0 Å². The Kier molecular flexibility index (Phi) is 8.15. The zero-order valence-electron chi connectivity index (χ0n) is 17.7. The monoisotopic (exact) mass is 491 g/mol. The smallest absolute Gasteiger partial charge is 0.293 e. The summed E-state index contributed by atoms with van der Waals surface area (Å²) in [5.74, 6) is -0.781. The Bertz CT molecular complexity index is 1090. The van der Waals surface area contributed by atoms with Crippen LogP contribution in [0.15, 0.2) is 36.4 Å². The maximum atomic E-state index is 12.7. The average molecular weight is 492 g/mol. The van der Waals surface area contributed by atoms with E-state index in [4.69, 9.17) is 28.6 Å². The lowest BCUT2D eigenvalue weighted by atomic mass is 10.1. The molecule has 0 bridgehead atoms. The fourth-order valence-electron chi connectivity index (χ4n) is 3.16. The number of hydrogen-bond donors (Lipinski definition) is 3. The first-order valence-corrected chi connectivity index (χ1v) is 10.9. The van der Waals surface area contributed by atoms with E-state index in [9.17, 15) is 19.7 Å². The third-order valence-electron chi connectivity index (χ3n) is 4.83. The molecule has 10 nitrogen and oxygen atoms in total. The molecule has 2 amide bonds. The van der Waals surface area contributed by atoms with E-state index in [-0.39, 0.29) is 22.3 Å². The van der Waals surface area contributed by atoms with Crippen LogP contribution in [0, 0.1) is 10.1 Å². The highest BCUT2D eigenvalue weighted by Gasteiger charge is 2.23. The lowest BCUT2D eigenvalue weighted by Gasteiger charge is -2.28. The van der Waals surface area contributed by atoms with Crippen molar-refractivity contribution >= 4 is 63.5 Å². The number of morpholine rings is 1. The number of thiocarbonyl (C=S) groups is 1. The summed E-state index contributed by atoms with van der Waals surface area (Å²) in [5.41, 5.74) is 1.23. The molecule has 2 aromatic carbocycles. The van der Waals surface area contributed by atoms with Crippen LogP contribution in [0.3, 0.4) is 0 Å². The zero-order chi connectivity index (χ0) is 24.0. The van der Waals surface area contributed by atoms with Crippen molar-refractivity contribution in [3.63, 3.8) is 0 Å². The standard InChI is InChI=1S/C21H22ClN5O5S/c1-2-19(28)23-14-4-5-15(22)16(12-14)24-21(33)25-20(29)13-3-6-17(18(11-13)27(30)31)26-7-9-32-10-8-26/h3-6,11-12H,2,7-10H2,1H3,(H,23,28)(H2,24,25,29,33). The highest BCUT2D eigenvalue weighted by Crippen LogP contribution is 2.30. The summed E-state index contributed by atoms with van der Waals surface area (Å²) in [7, 11) is 0. The molecule has 0 radical (unpaired) electrons. The summed E-state index contributed by atoms with van der Waals surface area (Å²) >= 11 is 11.4. The molecule has 0 spiro atoms. The number of benzene rings is 2. The Hall–Kier alpha value is -3.28. The lowest BCUT2D eigenvalue weighted by molar-refractivity contribution is -0.384. The van der Waals surface area contributed by atoms with Crippen molar-refractivity contribution in [3.8, 4) is 0 Å². The highest BCUT2D eigenvalue weighted by molar-refractivity contribution is 7.80. The van der Waals surface area contributed by atoms with E-state index in [0.717, 1.165) is 0 Å². The number of halogens is 1. The van der Waals surface area contributed by atoms with Crippen molar-refractivity contribution in [2.24, 2.45) is 0 Å². The Morgan fingerprint density at radius 2 is 1.91 bits per heavy atom. The molecule has 0 aromatic heterocycles. The minimum atomic E-state index is -0.615. The molecule has 0 unspecified atom stereocenters. The van der Waals surface area contributed by atoms with Crippen LogP contribution in [0.25, 0.3) is 0 Å². The van der Waals surface area contributed by atoms with E-state index in [1.54, 1.807) is 31.2 Å². The first-order chi connectivity index (χ1) is 15.8. The third kappa shape index (κ3) is 6.37. The minimum Gasteiger partial charge on any atom is -0.378 e. The summed E-state index contributed by atoms with van der Waals surface area (Å²) in [5, 5.41) is 19.9. The van der Waals surface area contributed by atoms with Gasteiger partial charge in [0.25, 0.3) is 11.6 Å². The average Bonchev–Trinajstić information content (AvgIpc) is 2.81. The lowest BCUT2D eigenvalue weighted by Crippen LogP contribution is -2.37. The number of hydrogen-bond acceptors (Lipinski definition) is 7. The van der Waals surface area contributed by atoms with Gasteiger partial charge in [-0.1, -0.05) is 18.5 Å². The van der Waals surface area contributed by atoms with Gasteiger partial charge in [0, 0.05) is 36.8 Å². The van der Waals surface area contributed by atoms with Crippen molar-refractivity contribution < 1.29 is 19.2 Å². The normalized spacial score (nSPS) is 13.2. The molecule has 1 fully saturated rings. The molecular formula is C21H22ClN5O5S. The van der Waals surface area contributed by atoms with Crippen LogP contribution in [0.2, 0.25) is 5.02 Å². The number of nitrogens with zero attached hydrogens (tertiary/aromatic N) is 2. The molecule has 1 heterocycles. The summed E-state index contributed by atoms with van der Waals surface area (Å²) < 4.78 is 5.29. The minimum absolute atomic E-state index is 0.0548. The summed E-state index contributed by atoms with van der Waals surface area (Å²) in [6.45, 7) is 3.74. The molecule has 0 saturated carbocycles. The first-order valence-electron chi connectivity index (χ1n) is 10.1. The van der Waals surface area contributed by atoms with Crippen LogP contribution in [-0.4, -0.2) is 48.2 Å². The van der Waals surface area contributed by atoms with Crippen molar-refractivity contribution in [2.45, 2.75) is 13.3 Å². The molecule has 12 heteroatoms. The molecule has 1 aliphatic heterocycles. The van der Waals surface area contributed by atoms with Gasteiger partial charge in [0.1, 0.15) is 5.69 Å². The van der Waals surface area contributed by atoms with E-state index < -0.39 is 10.8 Å². The number of anilines is 3. The van der Waals surface area contributed by atoms with Gasteiger partial charge in [0.05, 0.1) is 28.8 Å². The van der Waals surface area contributed by atoms with Gasteiger partial charge < -0.3 is 20.3 Å². The number of nitro groups is 1. The van der Waals surface area contributed by atoms with Crippen LogP contribution in [0.4, 0.5) is 22.7 Å². The van der Waals surface area contributed by atoms with Gasteiger partial charge in [-0.2, -0.15) is 0 Å². The largest absolute Gasteiger partial charge is 0.378 e. The van der Waals surface area contributed by atoms with Crippen molar-refractivity contribution in [1.82, 2.24) is 5.32 Å². The molecule has 33 heavy (non-hydrogen) atoms. The number of amides is 2. The predicted molar refractivity (Wildman–Crippen MR) is 130 cm³/mol. The van der Waals surface area contributed by atoms with E-state index in [1.165, 1.54) is 12.1 Å². The highest BCUT2D eigenvalue weighted by atomic mass is 35.5. The Balaban J connectivity index is 1.71. The maximum absolute atomic E-state index is 12.7. The number of rotatable bonds is 6. The number of ether oxygens (including phenoxy) is 1. The van der Waals surface area contributed by atoms with Crippen LogP contribution >= 0.6 is 23.8 Å². The summed E-state index contributed by atoms with van der Waals surface area (Å²) in [4.78, 5) is 37.2. The molecule has 1 aliphatic rings. The molecule has 3 rings (SSSR count). The maximum Gasteiger partial charge on any atom is 0.293 e. The fraction of sp³-hybridized carbons (Fsp3) is 0.286. The van der Waals surface area contributed by atoms with E-state index in [0.29, 0.717) is 54.8 Å². The van der Waals surface area contributed by atoms with Crippen molar-refractivity contribution in [1.29, 1.82) is 0 Å². The zero-order valence-corrected chi connectivity index (χ0v) is 19.3. The second kappa shape index (κ2) is 11.0. The second-order valence-electron chi connectivity index (χ2n) is 7.06. The third-order valence-corrected chi connectivity index (χ3v) is 5.37. The molecular weight excluding hydrogens is 470 g/mol. The second-order valence-corrected chi connectivity index (χ2v) is 7.88.